The van der Waals surface area contributed by atoms with Gasteiger partial charge in [-0.1, -0.05) is 6.92 Å². The van der Waals surface area contributed by atoms with Gasteiger partial charge in [-0.3, -0.25) is 4.79 Å². The van der Waals surface area contributed by atoms with Crippen molar-refractivity contribution in [1.82, 2.24) is 10.2 Å². The Kier molecular flexibility index (Phi) is 3.05. The molecule has 1 rings (SSSR count). The van der Waals surface area contributed by atoms with Crippen LogP contribution in [0.2, 0.25) is 0 Å². The maximum Gasteiger partial charge on any atom is 0.222 e. The van der Waals surface area contributed by atoms with Crippen molar-refractivity contribution in [3.05, 3.63) is 0 Å². The number of β-amino-alcohol motifs (C(OH)–C–C–N with tert-alkyl or cyclic N) is 1. The molecule has 0 aromatic heterocycles. The zero-order valence-corrected chi connectivity index (χ0v) is 7.58. The molecule has 0 unspecified atom stereocenters. The molecule has 0 aromatic rings. The Labute approximate surface area is 72.6 Å². The summed E-state index contributed by atoms with van der Waals surface area (Å²) in [6.07, 6.45) is 0.0881. The Morgan fingerprint density at radius 3 is 2.75 bits per heavy atom. The first kappa shape index (κ1) is 9.48. The average Bonchev–Trinajstić information content (AvgIpc) is 2.48. The average molecular weight is 172 g/mol. The fraction of sp³-hybridized carbons (Fsp3) is 0.875. The van der Waals surface area contributed by atoms with Crippen LogP contribution in [0.5, 0.6) is 0 Å². The van der Waals surface area contributed by atoms with Crippen molar-refractivity contribution in [3.63, 3.8) is 0 Å². The van der Waals surface area contributed by atoms with E-state index in [0.29, 0.717) is 19.5 Å². The summed E-state index contributed by atoms with van der Waals surface area (Å²) < 4.78 is 0. The number of aliphatic hydroxyl groups excluding tert-OH is 1. The zero-order valence-electron chi connectivity index (χ0n) is 7.58. The molecule has 1 saturated heterocycles. The second-order valence-electron chi connectivity index (χ2n) is 3.15. The van der Waals surface area contributed by atoms with Crippen LogP contribution in [0.25, 0.3) is 0 Å². The van der Waals surface area contributed by atoms with Gasteiger partial charge in [0.1, 0.15) is 0 Å². The van der Waals surface area contributed by atoms with Crippen LogP contribution in [-0.4, -0.2) is 48.2 Å². The lowest BCUT2D eigenvalue weighted by atomic mass is 10.2. The van der Waals surface area contributed by atoms with Gasteiger partial charge in [0.25, 0.3) is 0 Å². The Hall–Kier alpha value is -0.610. The molecule has 70 valence electrons. The van der Waals surface area contributed by atoms with E-state index in [1.165, 1.54) is 0 Å². The predicted octanol–water partition coefficient (Wildman–Crippen LogP) is -0.812. The van der Waals surface area contributed by atoms with Gasteiger partial charge in [0.05, 0.1) is 12.1 Å². The Morgan fingerprint density at radius 1 is 1.67 bits per heavy atom. The van der Waals surface area contributed by atoms with Crippen LogP contribution in [0.1, 0.15) is 13.3 Å². The smallest absolute Gasteiger partial charge is 0.222 e. The summed E-state index contributed by atoms with van der Waals surface area (Å²) in [6, 6.07) is -0.0440. The van der Waals surface area contributed by atoms with Gasteiger partial charge < -0.3 is 15.3 Å². The van der Waals surface area contributed by atoms with Gasteiger partial charge in [0, 0.05) is 26.6 Å². The van der Waals surface area contributed by atoms with Crippen molar-refractivity contribution >= 4 is 5.91 Å². The summed E-state index contributed by atoms with van der Waals surface area (Å²) in [5, 5.41) is 12.5. The second kappa shape index (κ2) is 3.87. The number of carbonyl (C=O) groups is 1. The highest BCUT2D eigenvalue weighted by Crippen LogP contribution is 2.08. The lowest BCUT2D eigenvalue weighted by Crippen LogP contribution is -2.43. The first-order valence-corrected chi connectivity index (χ1v) is 4.31. The summed E-state index contributed by atoms with van der Waals surface area (Å²) in [5.41, 5.74) is 0. The SMILES string of the molecule is CCC(=O)N(C)[C@@H]1CNC[C@H]1O. The van der Waals surface area contributed by atoms with Crippen LogP contribution in [0.4, 0.5) is 0 Å². The molecular weight excluding hydrogens is 156 g/mol. The first-order valence-electron chi connectivity index (χ1n) is 4.31. The van der Waals surface area contributed by atoms with Gasteiger partial charge in [-0.2, -0.15) is 0 Å². The molecule has 1 aliphatic rings. The van der Waals surface area contributed by atoms with Crippen LogP contribution in [-0.2, 0) is 4.79 Å². The molecule has 1 amide bonds. The topological polar surface area (TPSA) is 52.6 Å². The van der Waals surface area contributed by atoms with Crippen LogP contribution < -0.4 is 5.32 Å². The highest BCUT2D eigenvalue weighted by atomic mass is 16.3. The molecule has 0 saturated carbocycles. The molecule has 4 nitrogen and oxygen atoms in total. The van der Waals surface area contributed by atoms with Gasteiger partial charge in [-0.25, -0.2) is 0 Å². The fourth-order valence-electron chi connectivity index (χ4n) is 1.48. The van der Waals surface area contributed by atoms with Crippen molar-refractivity contribution in [3.8, 4) is 0 Å². The summed E-state index contributed by atoms with van der Waals surface area (Å²) in [4.78, 5) is 12.9. The highest BCUT2D eigenvalue weighted by molar-refractivity contribution is 5.76. The molecule has 1 heterocycles. The number of hydrogen-bond donors (Lipinski definition) is 2. The van der Waals surface area contributed by atoms with Gasteiger partial charge in [0.2, 0.25) is 5.91 Å². The second-order valence-corrected chi connectivity index (χ2v) is 3.15. The third-order valence-electron chi connectivity index (χ3n) is 2.34. The normalized spacial score (nSPS) is 28.9. The van der Waals surface area contributed by atoms with Crippen LogP contribution in [0, 0.1) is 0 Å². The minimum absolute atomic E-state index is 0.0440. The number of carbonyl (C=O) groups excluding carboxylic acids is 1. The number of amides is 1. The molecule has 0 aliphatic carbocycles. The Balaban J connectivity index is 2.51. The quantitative estimate of drug-likeness (QED) is 0.572. The molecule has 0 radical (unpaired) electrons. The van der Waals surface area contributed by atoms with Crippen molar-refractivity contribution < 1.29 is 9.90 Å². The van der Waals surface area contributed by atoms with Crippen molar-refractivity contribution in [2.45, 2.75) is 25.5 Å². The molecular formula is C8H16N2O2. The zero-order chi connectivity index (χ0) is 9.14. The van der Waals surface area contributed by atoms with E-state index in [0.717, 1.165) is 0 Å². The Morgan fingerprint density at radius 2 is 2.33 bits per heavy atom. The molecule has 4 heteroatoms. The largest absolute Gasteiger partial charge is 0.390 e. The maximum absolute atomic E-state index is 11.2. The van der Waals surface area contributed by atoms with Gasteiger partial charge in [-0.05, 0) is 0 Å². The minimum atomic E-state index is -0.412. The number of nitrogens with one attached hydrogen (secondary N) is 1. The Bertz CT molecular complexity index is 172. The molecule has 1 fully saturated rings. The van der Waals surface area contributed by atoms with E-state index in [1.807, 2.05) is 6.92 Å². The van der Waals surface area contributed by atoms with Crippen molar-refractivity contribution in [2.24, 2.45) is 0 Å². The van der Waals surface area contributed by atoms with Crippen molar-refractivity contribution in [2.75, 3.05) is 20.1 Å². The predicted molar refractivity (Wildman–Crippen MR) is 45.7 cm³/mol. The van der Waals surface area contributed by atoms with E-state index in [-0.39, 0.29) is 11.9 Å². The van der Waals surface area contributed by atoms with Crippen LogP contribution >= 0.6 is 0 Å². The van der Waals surface area contributed by atoms with Crippen LogP contribution in [0.15, 0.2) is 0 Å². The first-order chi connectivity index (χ1) is 5.66. The lowest BCUT2D eigenvalue weighted by Gasteiger charge is -2.25. The molecule has 0 aromatic carbocycles. The standard InChI is InChI=1S/C8H16N2O2/c1-3-8(12)10(2)6-4-9-5-7(6)11/h6-7,9,11H,3-5H2,1-2H3/t6-,7-/m1/s1. The summed E-state index contributed by atoms with van der Waals surface area (Å²) >= 11 is 0. The number of nitrogens with zero attached hydrogens (tertiary/aromatic N) is 1. The molecule has 0 bridgehead atoms. The summed E-state index contributed by atoms with van der Waals surface area (Å²) in [6.45, 7) is 3.11. The molecule has 12 heavy (non-hydrogen) atoms. The van der Waals surface area contributed by atoms with E-state index >= 15 is 0 Å². The van der Waals surface area contributed by atoms with Gasteiger partial charge in [0.15, 0.2) is 0 Å². The van der Waals surface area contributed by atoms with E-state index in [1.54, 1.807) is 11.9 Å². The summed E-state index contributed by atoms with van der Waals surface area (Å²) in [7, 11) is 1.74. The number of aliphatic hydroxyl groups is 1. The van der Waals surface area contributed by atoms with Gasteiger partial charge in [-0.15, -0.1) is 0 Å². The lowest BCUT2D eigenvalue weighted by molar-refractivity contribution is -0.132. The molecule has 2 N–H and O–H groups in total. The molecule has 0 spiro atoms. The van der Waals surface area contributed by atoms with E-state index < -0.39 is 6.10 Å². The minimum Gasteiger partial charge on any atom is -0.390 e. The molecule has 1 aliphatic heterocycles. The fourth-order valence-corrected chi connectivity index (χ4v) is 1.48. The van der Waals surface area contributed by atoms with Crippen molar-refractivity contribution in [1.29, 1.82) is 0 Å². The van der Waals surface area contributed by atoms with E-state index in [2.05, 4.69) is 5.32 Å². The van der Waals surface area contributed by atoms with E-state index in [9.17, 15) is 9.90 Å². The maximum atomic E-state index is 11.2. The monoisotopic (exact) mass is 172 g/mol. The third kappa shape index (κ3) is 1.76. The van der Waals surface area contributed by atoms with Crippen LogP contribution in [0.3, 0.4) is 0 Å². The number of rotatable bonds is 2. The number of likely N-dealkylation sites (N-methyl/N-ethyl adjacent to an activating group) is 1. The highest BCUT2D eigenvalue weighted by Gasteiger charge is 2.30. The number of hydrogen-bond acceptors (Lipinski definition) is 3. The van der Waals surface area contributed by atoms with E-state index in [4.69, 9.17) is 0 Å². The van der Waals surface area contributed by atoms with Gasteiger partial charge >= 0.3 is 0 Å². The third-order valence-corrected chi connectivity index (χ3v) is 2.34. The molecule has 2 atom stereocenters. The summed E-state index contributed by atoms with van der Waals surface area (Å²) in [5.74, 6) is 0.0859.